The first-order chi connectivity index (χ1) is 12.5. The van der Waals surface area contributed by atoms with Gasteiger partial charge in [0.15, 0.2) is 0 Å². The average molecular weight is 356 g/mol. The van der Waals surface area contributed by atoms with Gasteiger partial charge in [0.1, 0.15) is 11.6 Å². The predicted molar refractivity (Wildman–Crippen MR) is 96.6 cm³/mol. The monoisotopic (exact) mass is 356 g/mol. The third-order valence-corrected chi connectivity index (χ3v) is 4.46. The van der Waals surface area contributed by atoms with E-state index >= 15 is 0 Å². The summed E-state index contributed by atoms with van der Waals surface area (Å²) in [6, 6.07) is 13.2. The van der Waals surface area contributed by atoms with Crippen molar-refractivity contribution in [3.05, 3.63) is 59.9 Å². The number of anilines is 1. The van der Waals surface area contributed by atoms with Crippen LogP contribution >= 0.6 is 0 Å². The molecule has 0 unspecified atom stereocenters. The van der Waals surface area contributed by atoms with Gasteiger partial charge >= 0.3 is 0 Å². The summed E-state index contributed by atoms with van der Waals surface area (Å²) in [4.78, 5) is 25.9. The van der Waals surface area contributed by atoms with Crippen molar-refractivity contribution in [2.45, 2.75) is 12.8 Å². The van der Waals surface area contributed by atoms with Crippen LogP contribution in [0.15, 0.2) is 48.5 Å². The Bertz CT molecular complexity index is 775. The first-order valence-electron chi connectivity index (χ1n) is 8.50. The van der Waals surface area contributed by atoms with Gasteiger partial charge in [-0.2, -0.15) is 0 Å². The topological polar surface area (TPSA) is 58.6 Å². The Balaban J connectivity index is 1.49. The normalized spacial score (nSPS) is 16.6. The van der Waals surface area contributed by atoms with E-state index in [9.17, 15) is 14.0 Å². The quantitative estimate of drug-likeness (QED) is 0.865. The smallest absolute Gasteiger partial charge is 0.227 e. The molecular formula is C20H21FN2O3. The second kappa shape index (κ2) is 7.99. The molecule has 0 spiro atoms. The Morgan fingerprint density at radius 3 is 2.54 bits per heavy atom. The van der Waals surface area contributed by atoms with E-state index in [1.807, 2.05) is 24.3 Å². The molecule has 3 rings (SSSR count). The largest absolute Gasteiger partial charge is 0.497 e. The first kappa shape index (κ1) is 17.9. The second-order valence-electron chi connectivity index (χ2n) is 6.38. The summed E-state index contributed by atoms with van der Waals surface area (Å²) in [5.41, 5.74) is 1.59. The molecule has 1 atom stereocenters. The van der Waals surface area contributed by atoms with Crippen LogP contribution in [0.4, 0.5) is 10.1 Å². The fraction of sp³-hybridized carbons (Fsp3) is 0.300. The summed E-state index contributed by atoms with van der Waals surface area (Å²) in [5, 5.41) is 2.89. The van der Waals surface area contributed by atoms with E-state index in [0.717, 1.165) is 11.3 Å². The van der Waals surface area contributed by atoms with E-state index < -0.39 is 0 Å². The minimum Gasteiger partial charge on any atom is -0.497 e. The highest BCUT2D eigenvalue weighted by atomic mass is 19.1. The highest BCUT2D eigenvalue weighted by molar-refractivity contribution is 5.95. The molecule has 2 aromatic rings. The van der Waals surface area contributed by atoms with E-state index in [1.165, 1.54) is 12.1 Å². The lowest BCUT2D eigenvalue weighted by atomic mass is 10.1. The van der Waals surface area contributed by atoms with Gasteiger partial charge in [0.05, 0.1) is 13.5 Å². The predicted octanol–water partition coefficient (Wildman–Crippen LogP) is 2.55. The summed E-state index contributed by atoms with van der Waals surface area (Å²) in [6.45, 7) is 0.964. The van der Waals surface area contributed by atoms with Gasteiger partial charge in [-0.25, -0.2) is 4.39 Å². The molecule has 0 aromatic heterocycles. The van der Waals surface area contributed by atoms with Gasteiger partial charge in [0, 0.05) is 31.1 Å². The maximum atomic E-state index is 13.0. The Morgan fingerprint density at radius 2 is 1.88 bits per heavy atom. The maximum Gasteiger partial charge on any atom is 0.227 e. The van der Waals surface area contributed by atoms with E-state index in [0.29, 0.717) is 25.2 Å². The minimum absolute atomic E-state index is 0.00832. The van der Waals surface area contributed by atoms with Crippen LogP contribution in [0.5, 0.6) is 5.75 Å². The van der Waals surface area contributed by atoms with Gasteiger partial charge in [0.25, 0.3) is 0 Å². The zero-order chi connectivity index (χ0) is 18.5. The molecule has 5 nitrogen and oxygen atoms in total. The first-order valence-corrected chi connectivity index (χ1v) is 8.50. The van der Waals surface area contributed by atoms with E-state index in [-0.39, 0.29) is 30.0 Å². The van der Waals surface area contributed by atoms with Crippen molar-refractivity contribution in [1.82, 2.24) is 5.32 Å². The molecule has 136 valence electrons. The molecule has 0 aliphatic carbocycles. The van der Waals surface area contributed by atoms with Crippen LogP contribution in [-0.2, 0) is 16.0 Å². The number of halogens is 1. The molecule has 6 heteroatoms. The van der Waals surface area contributed by atoms with E-state index in [1.54, 1.807) is 24.1 Å². The van der Waals surface area contributed by atoms with E-state index in [4.69, 9.17) is 4.74 Å². The molecule has 1 aliphatic heterocycles. The molecule has 1 fully saturated rings. The van der Waals surface area contributed by atoms with Crippen LogP contribution in [0.1, 0.15) is 12.0 Å². The van der Waals surface area contributed by atoms with Gasteiger partial charge in [-0.05, 0) is 42.0 Å². The molecule has 2 aromatic carbocycles. The zero-order valence-electron chi connectivity index (χ0n) is 14.6. The molecule has 1 heterocycles. The standard InChI is InChI=1S/C20H21FN2O3/c1-26-18-8-2-14(3-9-18)10-19(24)22-12-15-11-20(25)23(13-15)17-6-4-16(21)5-7-17/h2-9,15H,10-13H2,1H3,(H,22,24)/t15-/m0/s1. The lowest BCUT2D eigenvalue weighted by Crippen LogP contribution is -2.32. The number of hydrogen-bond donors (Lipinski definition) is 1. The molecule has 1 saturated heterocycles. The summed E-state index contributed by atoms with van der Waals surface area (Å²) in [5.74, 6) is 0.378. The fourth-order valence-electron chi connectivity index (χ4n) is 3.04. The van der Waals surface area contributed by atoms with Crippen molar-refractivity contribution in [3.8, 4) is 5.75 Å². The third-order valence-electron chi connectivity index (χ3n) is 4.46. The number of methoxy groups -OCH3 is 1. The van der Waals surface area contributed by atoms with Gasteiger partial charge in [-0.15, -0.1) is 0 Å². The Hall–Kier alpha value is -2.89. The van der Waals surface area contributed by atoms with Crippen LogP contribution in [-0.4, -0.2) is 32.0 Å². The lowest BCUT2D eigenvalue weighted by molar-refractivity contribution is -0.121. The number of amides is 2. The lowest BCUT2D eigenvalue weighted by Gasteiger charge is -2.17. The summed E-state index contributed by atoms with van der Waals surface area (Å²) in [6.07, 6.45) is 0.659. The van der Waals surface area contributed by atoms with Crippen LogP contribution < -0.4 is 15.0 Å². The van der Waals surface area contributed by atoms with Crippen molar-refractivity contribution in [1.29, 1.82) is 0 Å². The molecule has 1 aliphatic rings. The third kappa shape index (κ3) is 4.39. The van der Waals surface area contributed by atoms with Crippen LogP contribution in [0.3, 0.4) is 0 Å². The van der Waals surface area contributed by atoms with Crippen molar-refractivity contribution < 1.29 is 18.7 Å². The number of carbonyl (C=O) groups is 2. The molecular weight excluding hydrogens is 335 g/mol. The van der Waals surface area contributed by atoms with E-state index in [2.05, 4.69) is 5.32 Å². The molecule has 0 bridgehead atoms. The highest BCUT2D eigenvalue weighted by Crippen LogP contribution is 2.24. The number of hydrogen-bond acceptors (Lipinski definition) is 3. The zero-order valence-corrected chi connectivity index (χ0v) is 14.6. The fourth-order valence-corrected chi connectivity index (χ4v) is 3.04. The number of benzene rings is 2. The van der Waals surface area contributed by atoms with Crippen LogP contribution in [0.25, 0.3) is 0 Å². The number of ether oxygens (including phenoxy) is 1. The van der Waals surface area contributed by atoms with Gasteiger partial charge in [-0.1, -0.05) is 12.1 Å². The SMILES string of the molecule is COc1ccc(CC(=O)NC[C@@H]2CC(=O)N(c3ccc(F)cc3)C2)cc1. The van der Waals surface area contributed by atoms with Crippen LogP contribution in [0, 0.1) is 11.7 Å². The minimum atomic E-state index is -0.331. The van der Waals surface area contributed by atoms with Crippen molar-refractivity contribution in [2.24, 2.45) is 5.92 Å². The van der Waals surface area contributed by atoms with Crippen molar-refractivity contribution in [2.75, 3.05) is 25.1 Å². The summed E-state index contributed by atoms with van der Waals surface area (Å²) >= 11 is 0. The maximum absolute atomic E-state index is 13.0. The molecule has 2 amide bonds. The number of nitrogens with one attached hydrogen (secondary N) is 1. The van der Waals surface area contributed by atoms with Gasteiger partial charge < -0.3 is 15.0 Å². The summed E-state index contributed by atoms with van der Waals surface area (Å²) in [7, 11) is 1.60. The van der Waals surface area contributed by atoms with Gasteiger partial charge in [-0.3, -0.25) is 9.59 Å². The van der Waals surface area contributed by atoms with Crippen molar-refractivity contribution >= 4 is 17.5 Å². The second-order valence-corrected chi connectivity index (χ2v) is 6.38. The number of rotatable bonds is 6. The highest BCUT2D eigenvalue weighted by Gasteiger charge is 2.30. The van der Waals surface area contributed by atoms with Crippen molar-refractivity contribution in [3.63, 3.8) is 0 Å². The molecule has 0 radical (unpaired) electrons. The number of nitrogens with zero attached hydrogens (tertiary/aromatic N) is 1. The molecule has 26 heavy (non-hydrogen) atoms. The number of carbonyl (C=O) groups excluding carboxylic acids is 2. The Kier molecular flexibility index (Phi) is 5.51. The molecule has 1 N–H and O–H groups in total. The molecule has 0 saturated carbocycles. The average Bonchev–Trinajstić information content (AvgIpc) is 3.02. The van der Waals surface area contributed by atoms with Gasteiger partial charge in [0.2, 0.25) is 11.8 Å². The van der Waals surface area contributed by atoms with Crippen LogP contribution in [0.2, 0.25) is 0 Å². The Labute approximate surface area is 151 Å². The Morgan fingerprint density at radius 1 is 1.19 bits per heavy atom. The summed E-state index contributed by atoms with van der Waals surface area (Å²) < 4.78 is 18.1.